The lowest BCUT2D eigenvalue weighted by atomic mass is 9.91. The van der Waals surface area contributed by atoms with Crippen molar-refractivity contribution < 1.29 is 9.53 Å². The number of rotatable bonds is 6. The van der Waals surface area contributed by atoms with Gasteiger partial charge in [-0.2, -0.15) is 0 Å². The van der Waals surface area contributed by atoms with E-state index in [9.17, 15) is 4.79 Å². The Morgan fingerprint density at radius 3 is 2.63 bits per heavy atom. The molecule has 4 nitrogen and oxygen atoms in total. The van der Waals surface area contributed by atoms with Crippen LogP contribution in [0.25, 0.3) is 11.1 Å². The molecule has 3 unspecified atom stereocenters. The molecule has 5 rings (SSSR count). The maximum absolute atomic E-state index is 13.6. The van der Waals surface area contributed by atoms with Gasteiger partial charge in [-0.1, -0.05) is 67.9 Å². The van der Waals surface area contributed by atoms with E-state index in [2.05, 4.69) is 36.1 Å². The monoisotopic (exact) mass is 398 g/mol. The van der Waals surface area contributed by atoms with Crippen LogP contribution < -0.4 is 4.90 Å². The fraction of sp³-hybridized carbons (Fsp3) is 0.308. The predicted molar refractivity (Wildman–Crippen MR) is 119 cm³/mol. The van der Waals surface area contributed by atoms with Gasteiger partial charge in [0.1, 0.15) is 0 Å². The van der Waals surface area contributed by atoms with Crippen molar-refractivity contribution >= 4 is 11.5 Å². The number of ketones is 1. The quantitative estimate of drug-likeness (QED) is 0.409. The van der Waals surface area contributed by atoms with Crippen molar-refractivity contribution in [2.75, 3.05) is 11.5 Å². The molecule has 0 spiro atoms. The lowest BCUT2D eigenvalue weighted by Crippen LogP contribution is -2.40. The Balaban J connectivity index is 1.61. The molecule has 0 aliphatic carbocycles. The number of hydrogen-bond donors (Lipinski definition) is 0. The Bertz CT molecular complexity index is 1050. The molecule has 0 radical (unpaired) electrons. The third-order valence-electron chi connectivity index (χ3n) is 6.23. The van der Waals surface area contributed by atoms with E-state index in [0.717, 1.165) is 40.9 Å². The van der Waals surface area contributed by atoms with E-state index in [1.165, 1.54) is 0 Å². The fourth-order valence-electron chi connectivity index (χ4n) is 4.83. The number of hydrogen-bond acceptors (Lipinski definition) is 4. The van der Waals surface area contributed by atoms with Crippen LogP contribution in [0.1, 0.15) is 48.3 Å². The summed E-state index contributed by atoms with van der Waals surface area (Å²) >= 11 is 0. The van der Waals surface area contributed by atoms with Gasteiger partial charge >= 0.3 is 0 Å². The average Bonchev–Trinajstić information content (AvgIpc) is 3.19. The third kappa shape index (κ3) is 3.12. The number of ether oxygens (including phenoxy) is 1. The number of carbonyl (C=O) groups excluding carboxylic acids is 1. The lowest BCUT2D eigenvalue weighted by molar-refractivity contribution is 0.0432. The minimum atomic E-state index is -0.264. The highest BCUT2D eigenvalue weighted by atomic mass is 16.5. The largest absolute Gasteiger partial charge is 0.376 e. The first-order valence-corrected chi connectivity index (χ1v) is 10.8. The van der Waals surface area contributed by atoms with Gasteiger partial charge in [0.15, 0.2) is 5.78 Å². The Morgan fingerprint density at radius 1 is 1.03 bits per heavy atom. The van der Waals surface area contributed by atoms with Gasteiger partial charge in [0.25, 0.3) is 0 Å². The molecular weight excluding hydrogens is 372 g/mol. The van der Waals surface area contributed by atoms with Crippen molar-refractivity contribution in [1.82, 2.24) is 4.98 Å². The highest BCUT2D eigenvalue weighted by Crippen LogP contribution is 2.51. The maximum atomic E-state index is 13.6. The first kappa shape index (κ1) is 19.0. The molecule has 0 amide bonds. The minimum absolute atomic E-state index is 0.0504. The average molecular weight is 399 g/mol. The predicted octanol–water partition coefficient (Wildman–Crippen LogP) is 5.45. The molecule has 0 N–H and O–H groups in total. The Morgan fingerprint density at radius 2 is 1.80 bits per heavy atom. The van der Waals surface area contributed by atoms with Crippen molar-refractivity contribution in [2.45, 2.75) is 44.4 Å². The van der Waals surface area contributed by atoms with Crippen molar-refractivity contribution in [2.24, 2.45) is 0 Å². The summed E-state index contributed by atoms with van der Waals surface area (Å²) in [6, 6.07) is 21.8. The zero-order valence-electron chi connectivity index (χ0n) is 17.2. The van der Waals surface area contributed by atoms with E-state index >= 15 is 0 Å². The number of pyridine rings is 1. The van der Waals surface area contributed by atoms with Crippen LogP contribution in [-0.4, -0.2) is 29.5 Å². The summed E-state index contributed by atoms with van der Waals surface area (Å²) in [6.45, 7) is 2.88. The summed E-state index contributed by atoms with van der Waals surface area (Å²) in [6.07, 6.45) is 4.57. The highest BCUT2D eigenvalue weighted by Gasteiger charge is 2.50. The SMILES string of the molecule is CCCCOC1CC(C(=O)c2ccccc2)N2c3ccccc3-c3cccnc3C12. The van der Waals surface area contributed by atoms with Crippen LogP contribution in [0.2, 0.25) is 0 Å². The van der Waals surface area contributed by atoms with Gasteiger partial charge in [-0.05, 0) is 18.6 Å². The maximum Gasteiger partial charge on any atom is 0.185 e. The number of anilines is 1. The normalized spacial score (nSPS) is 21.6. The molecule has 0 bridgehead atoms. The third-order valence-corrected chi connectivity index (χ3v) is 6.23. The second kappa shape index (κ2) is 8.04. The molecule has 0 saturated carbocycles. The Hall–Kier alpha value is -2.98. The summed E-state index contributed by atoms with van der Waals surface area (Å²) in [4.78, 5) is 20.6. The highest BCUT2D eigenvalue weighted by molar-refractivity contribution is 6.03. The second-order valence-electron chi connectivity index (χ2n) is 8.05. The molecule has 2 aliphatic heterocycles. The van der Waals surface area contributed by atoms with Gasteiger partial charge in [0.2, 0.25) is 0 Å². The molecule has 4 heteroatoms. The van der Waals surface area contributed by atoms with Crippen LogP contribution in [0.5, 0.6) is 0 Å². The number of fused-ring (bicyclic) bond motifs is 6. The molecular formula is C26H26N2O2. The van der Waals surface area contributed by atoms with Gasteiger partial charge < -0.3 is 9.64 Å². The van der Waals surface area contributed by atoms with Crippen molar-refractivity contribution in [1.29, 1.82) is 0 Å². The first-order chi connectivity index (χ1) is 14.8. The molecule has 30 heavy (non-hydrogen) atoms. The van der Waals surface area contributed by atoms with Gasteiger partial charge in [-0.25, -0.2) is 0 Å². The Kier molecular flexibility index (Phi) is 5.09. The number of nitrogens with zero attached hydrogens (tertiary/aromatic N) is 2. The van der Waals surface area contributed by atoms with Gasteiger partial charge in [0.05, 0.1) is 23.9 Å². The molecule has 152 valence electrons. The van der Waals surface area contributed by atoms with Crippen molar-refractivity contribution in [3.63, 3.8) is 0 Å². The molecule has 3 heterocycles. The fourth-order valence-corrected chi connectivity index (χ4v) is 4.83. The number of Topliss-reactive ketones (excluding diaryl/α,β-unsaturated/α-hetero) is 1. The van der Waals surface area contributed by atoms with Crippen LogP contribution in [0, 0.1) is 0 Å². The second-order valence-corrected chi connectivity index (χ2v) is 8.05. The van der Waals surface area contributed by atoms with E-state index < -0.39 is 0 Å². The van der Waals surface area contributed by atoms with E-state index in [1.54, 1.807) is 0 Å². The number of carbonyl (C=O) groups is 1. The summed E-state index contributed by atoms with van der Waals surface area (Å²) in [7, 11) is 0. The first-order valence-electron chi connectivity index (χ1n) is 10.8. The van der Waals surface area contributed by atoms with Gasteiger partial charge in [-0.3, -0.25) is 9.78 Å². The van der Waals surface area contributed by atoms with E-state index in [4.69, 9.17) is 9.72 Å². The number of para-hydroxylation sites is 1. The Labute approximate surface area is 177 Å². The van der Waals surface area contributed by atoms with Crippen molar-refractivity contribution in [3.05, 3.63) is 84.2 Å². The summed E-state index contributed by atoms with van der Waals surface area (Å²) in [5.74, 6) is 0.149. The lowest BCUT2D eigenvalue weighted by Gasteiger charge is -2.38. The topological polar surface area (TPSA) is 42.4 Å². The molecule has 2 aliphatic rings. The molecule has 1 aromatic heterocycles. The molecule has 1 fully saturated rings. The van der Waals surface area contributed by atoms with Gasteiger partial charge in [-0.15, -0.1) is 0 Å². The van der Waals surface area contributed by atoms with E-state index in [0.29, 0.717) is 13.0 Å². The number of unbranched alkanes of at least 4 members (excludes halogenated alkanes) is 1. The zero-order chi connectivity index (χ0) is 20.5. The number of benzene rings is 2. The summed E-state index contributed by atoms with van der Waals surface area (Å²) in [5.41, 5.74) is 5.14. The zero-order valence-corrected chi connectivity index (χ0v) is 17.2. The summed E-state index contributed by atoms with van der Waals surface area (Å²) in [5, 5.41) is 0. The van der Waals surface area contributed by atoms with Crippen LogP contribution >= 0.6 is 0 Å². The van der Waals surface area contributed by atoms with E-state index in [1.807, 2.05) is 48.7 Å². The molecule has 3 aromatic rings. The molecule has 1 saturated heterocycles. The van der Waals surface area contributed by atoms with Crippen LogP contribution in [0.3, 0.4) is 0 Å². The molecule has 2 aromatic carbocycles. The summed E-state index contributed by atoms with van der Waals surface area (Å²) < 4.78 is 6.37. The standard InChI is InChI=1S/C26H26N2O2/c1-2-3-16-30-23-17-22(26(29)18-10-5-4-6-11-18)28-21-14-8-7-12-19(21)20-13-9-15-27-24(20)25(23)28/h4-15,22-23,25H,2-3,16-17H2,1H3. The van der Waals surface area contributed by atoms with Crippen LogP contribution in [-0.2, 0) is 4.74 Å². The minimum Gasteiger partial charge on any atom is -0.376 e. The van der Waals surface area contributed by atoms with E-state index in [-0.39, 0.29) is 24.0 Å². The smallest absolute Gasteiger partial charge is 0.185 e. The number of aromatic nitrogens is 1. The molecule has 3 atom stereocenters. The van der Waals surface area contributed by atoms with Crippen LogP contribution in [0.4, 0.5) is 5.69 Å². The van der Waals surface area contributed by atoms with Crippen molar-refractivity contribution in [3.8, 4) is 11.1 Å². The van der Waals surface area contributed by atoms with Crippen LogP contribution in [0.15, 0.2) is 72.9 Å². The van der Waals surface area contributed by atoms with Gasteiger partial charge in [0, 0.05) is 41.6 Å².